The highest BCUT2D eigenvalue weighted by Gasteiger charge is 2.21. The largest absolute Gasteiger partial charge is 0.323 e. The Morgan fingerprint density at radius 3 is 2.96 bits per heavy atom. The molecule has 1 aromatic carbocycles. The van der Waals surface area contributed by atoms with Crippen molar-refractivity contribution in [2.24, 2.45) is 7.05 Å². The molecule has 0 atom stereocenters. The molecule has 1 aliphatic rings. The van der Waals surface area contributed by atoms with E-state index in [4.69, 9.17) is 0 Å². The lowest BCUT2D eigenvalue weighted by molar-refractivity contribution is -0.113. The highest BCUT2D eigenvalue weighted by Crippen LogP contribution is 2.34. The second kappa shape index (κ2) is 7.96. The molecular formula is C19H17BrFN3O2S2. The number of rotatable bonds is 4. The first-order chi connectivity index (χ1) is 13.4. The zero-order valence-corrected chi connectivity index (χ0v) is 18.3. The van der Waals surface area contributed by atoms with E-state index in [9.17, 15) is 14.0 Å². The van der Waals surface area contributed by atoms with Crippen molar-refractivity contribution in [3.05, 3.63) is 49.3 Å². The molecular weight excluding hydrogens is 465 g/mol. The van der Waals surface area contributed by atoms with E-state index >= 15 is 0 Å². The number of fused-ring (bicyclic) bond motifs is 3. The van der Waals surface area contributed by atoms with Gasteiger partial charge in [-0.05, 0) is 49.4 Å². The maximum absolute atomic E-state index is 13.9. The summed E-state index contributed by atoms with van der Waals surface area (Å²) >= 11 is 5.94. The Labute approximate surface area is 177 Å². The fourth-order valence-corrected chi connectivity index (χ4v) is 5.71. The zero-order valence-electron chi connectivity index (χ0n) is 15.1. The monoisotopic (exact) mass is 481 g/mol. The van der Waals surface area contributed by atoms with E-state index in [1.165, 1.54) is 33.3 Å². The third kappa shape index (κ3) is 3.75. The predicted molar refractivity (Wildman–Crippen MR) is 115 cm³/mol. The topological polar surface area (TPSA) is 64.0 Å². The summed E-state index contributed by atoms with van der Waals surface area (Å²) in [5, 5.41) is 3.77. The lowest BCUT2D eigenvalue weighted by Gasteiger charge is -2.11. The number of thioether (sulfide) groups is 1. The van der Waals surface area contributed by atoms with Crippen LogP contribution >= 0.6 is 39.0 Å². The SMILES string of the molecule is Cn1c(SCC(=O)Nc2ccc(Br)cc2F)nc2sc3c(c2c1=O)CCCC3. The van der Waals surface area contributed by atoms with Gasteiger partial charge in [-0.25, -0.2) is 9.37 Å². The molecule has 0 saturated heterocycles. The first-order valence-electron chi connectivity index (χ1n) is 8.83. The summed E-state index contributed by atoms with van der Waals surface area (Å²) in [5.74, 6) is -0.832. The van der Waals surface area contributed by atoms with E-state index < -0.39 is 5.82 Å². The summed E-state index contributed by atoms with van der Waals surface area (Å²) in [6.45, 7) is 0. The van der Waals surface area contributed by atoms with Crippen LogP contribution in [0.3, 0.4) is 0 Å². The van der Waals surface area contributed by atoms with Crippen LogP contribution in [0.4, 0.5) is 10.1 Å². The highest BCUT2D eigenvalue weighted by molar-refractivity contribution is 9.10. The van der Waals surface area contributed by atoms with Gasteiger partial charge in [0.2, 0.25) is 5.91 Å². The summed E-state index contributed by atoms with van der Waals surface area (Å²) in [4.78, 5) is 31.7. The first kappa shape index (κ1) is 19.6. The molecule has 2 heterocycles. The van der Waals surface area contributed by atoms with Gasteiger partial charge in [-0.2, -0.15) is 0 Å². The van der Waals surface area contributed by atoms with Crippen molar-refractivity contribution in [3.8, 4) is 0 Å². The number of carbonyl (C=O) groups is 1. The van der Waals surface area contributed by atoms with Crippen molar-refractivity contribution in [2.75, 3.05) is 11.1 Å². The lowest BCUT2D eigenvalue weighted by atomic mass is 9.97. The average Bonchev–Trinajstić information content (AvgIpc) is 3.04. The molecule has 0 fully saturated rings. The van der Waals surface area contributed by atoms with Crippen LogP contribution in [0, 0.1) is 5.82 Å². The van der Waals surface area contributed by atoms with Crippen molar-refractivity contribution >= 4 is 60.8 Å². The van der Waals surface area contributed by atoms with E-state index in [2.05, 4.69) is 26.2 Å². The van der Waals surface area contributed by atoms with Crippen LogP contribution in [0.1, 0.15) is 23.3 Å². The Morgan fingerprint density at radius 1 is 1.39 bits per heavy atom. The zero-order chi connectivity index (χ0) is 19.8. The second-order valence-electron chi connectivity index (χ2n) is 6.61. The maximum Gasteiger partial charge on any atom is 0.262 e. The minimum absolute atomic E-state index is 0.0341. The molecule has 0 unspecified atom stereocenters. The highest BCUT2D eigenvalue weighted by atomic mass is 79.9. The number of amides is 1. The molecule has 1 amide bonds. The van der Waals surface area contributed by atoms with Crippen LogP contribution < -0.4 is 10.9 Å². The molecule has 3 aromatic rings. The molecule has 4 rings (SSSR count). The summed E-state index contributed by atoms with van der Waals surface area (Å²) in [6, 6.07) is 4.45. The van der Waals surface area contributed by atoms with Gasteiger partial charge >= 0.3 is 0 Å². The summed E-state index contributed by atoms with van der Waals surface area (Å²) in [5.41, 5.74) is 1.21. The van der Waals surface area contributed by atoms with Crippen LogP contribution in [-0.4, -0.2) is 21.2 Å². The molecule has 1 aliphatic carbocycles. The number of carbonyl (C=O) groups excluding carboxylic acids is 1. The third-order valence-corrected chi connectivity index (χ3v) is 7.40. The Bertz CT molecular complexity index is 1140. The predicted octanol–water partition coefficient (Wildman–Crippen LogP) is 4.51. The molecule has 1 N–H and O–H groups in total. The summed E-state index contributed by atoms with van der Waals surface area (Å²) in [6.07, 6.45) is 4.18. The Morgan fingerprint density at radius 2 is 2.18 bits per heavy atom. The van der Waals surface area contributed by atoms with Crippen molar-refractivity contribution in [1.82, 2.24) is 9.55 Å². The fourth-order valence-electron chi connectivity index (χ4n) is 3.30. The van der Waals surface area contributed by atoms with Crippen molar-refractivity contribution in [3.63, 3.8) is 0 Å². The van der Waals surface area contributed by atoms with Crippen molar-refractivity contribution < 1.29 is 9.18 Å². The van der Waals surface area contributed by atoms with Gasteiger partial charge in [0, 0.05) is 16.4 Å². The van der Waals surface area contributed by atoms with Gasteiger partial charge in [0.1, 0.15) is 10.6 Å². The van der Waals surface area contributed by atoms with Gasteiger partial charge < -0.3 is 5.32 Å². The van der Waals surface area contributed by atoms with E-state index in [1.54, 1.807) is 24.5 Å². The summed E-state index contributed by atoms with van der Waals surface area (Å²) < 4.78 is 16.0. The minimum Gasteiger partial charge on any atom is -0.323 e. The quantitative estimate of drug-likeness (QED) is 0.439. The van der Waals surface area contributed by atoms with Crippen LogP contribution in [-0.2, 0) is 24.7 Å². The van der Waals surface area contributed by atoms with Crippen molar-refractivity contribution in [1.29, 1.82) is 0 Å². The molecule has 5 nitrogen and oxygen atoms in total. The number of aryl methyl sites for hydroxylation is 2. The van der Waals surface area contributed by atoms with Crippen LogP contribution in [0.5, 0.6) is 0 Å². The van der Waals surface area contributed by atoms with E-state index in [-0.39, 0.29) is 22.9 Å². The maximum atomic E-state index is 13.9. The smallest absolute Gasteiger partial charge is 0.262 e. The van der Waals surface area contributed by atoms with Crippen molar-refractivity contribution in [2.45, 2.75) is 30.8 Å². The molecule has 0 radical (unpaired) electrons. The number of aromatic nitrogens is 2. The number of hydrogen-bond acceptors (Lipinski definition) is 5. The van der Waals surface area contributed by atoms with Gasteiger partial charge in [-0.1, -0.05) is 27.7 Å². The molecule has 28 heavy (non-hydrogen) atoms. The number of hydrogen-bond donors (Lipinski definition) is 1. The average molecular weight is 482 g/mol. The van der Waals surface area contributed by atoms with Gasteiger partial charge in [-0.3, -0.25) is 14.2 Å². The minimum atomic E-state index is -0.510. The Kier molecular flexibility index (Phi) is 5.57. The molecule has 2 aromatic heterocycles. The number of nitrogens with zero attached hydrogens (tertiary/aromatic N) is 2. The molecule has 0 saturated carbocycles. The van der Waals surface area contributed by atoms with Crippen LogP contribution in [0.15, 0.2) is 32.6 Å². The molecule has 0 aliphatic heterocycles. The first-order valence-corrected chi connectivity index (χ1v) is 11.4. The normalized spacial score (nSPS) is 13.5. The van der Waals surface area contributed by atoms with Crippen LogP contribution in [0.2, 0.25) is 0 Å². The lowest BCUT2D eigenvalue weighted by Crippen LogP contribution is -2.22. The molecule has 9 heteroatoms. The number of nitrogens with one attached hydrogen (secondary N) is 1. The van der Waals surface area contributed by atoms with Gasteiger partial charge in [0.15, 0.2) is 5.16 Å². The van der Waals surface area contributed by atoms with E-state index in [0.29, 0.717) is 9.63 Å². The second-order valence-corrected chi connectivity index (χ2v) is 9.55. The Balaban J connectivity index is 1.54. The fraction of sp³-hybridized carbons (Fsp3) is 0.316. The molecule has 0 spiro atoms. The van der Waals surface area contributed by atoms with Gasteiger partial charge in [-0.15, -0.1) is 11.3 Å². The van der Waals surface area contributed by atoms with E-state index in [1.807, 2.05) is 0 Å². The number of halogens is 2. The Hall–Kier alpha value is -1.71. The number of benzene rings is 1. The molecule has 146 valence electrons. The summed E-state index contributed by atoms with van der Waals surface area (Å²) in [7, 11) is 1.68. The van der Waals surface area contributed by atoms with E-state index in [0.717, 1.165) is 41.5 Å². The third-order valence-electron chi connectivity index (χ3n) is 4.69. The number of anilines is 1. The number of thiophene rings is 1. The van der Waals surface area contributed by atoms with Crippen LogP contribution in [0.25, 0.3) is 10.2 Å². The van der Waals surface area contributed by atoms with Gasteiger partial charge in [0.05, 0.1) is 16.8 Å². The van der Waals surface area contributed by atoms with Gasteiger partial charge in [0.25, 0.3) is 5.56 Å². The standard InChI is InChI=1S/C19H17BrFN3O2S2/c1-24-18(26)16-11-4-2-3-5-14(11)28-17(16)23-19(24)27-9-15(25)22-13-7-6-10(20)8-12(13)21/h6-8H,2-5,9H2,1H3,(H,22,25). The molecule has 0 bridgehead atoms.